The third-order valence-electron chi connectivity index (χ3n) is 2.18. The van der Waals surface area contributed by atoms with Crippen molar-refractivity contribution in [2.45, 2.75) is 59.0 Å². The van der Waals surface area contributed by atoms with Gasteiger partial charge in [0.2, 0.25) is 0 Å². The van der Waals surface area contributed by atoms with Gasteiger partial charge in [0.05, 0.1) is 24.2 Å². The summed E-state index contributed by atoms with van der Waals surface area (Å²) in [5, 5.41) is 10.9. The van der Waals surface area contributed by atoms with Crippen molar-refractivity contribution < 1.29 is 28.4 Å². The van der Waals surface area contributed by atoms with Crippen LogP contribution >= 0.6 is 0 Å². The number of nitrogens with one attached hydrogen (secondary N) is 1. The Morgan fingerprint density at radius 1 is 1.39 bits per heavy atom. The van der Waals surface area contributed by atoms with Crippen molar-refractivity contribution in [3.63, 3.8) is 0 Å². The zero-order valence-corrected chi connectivity index (χ0v) is 14.8. The van der Waals surface area contributed by atoms with E-state index in [1.54, 1.807) is 20.8 Å². The van der Waals surface area contributed by atoms with Gasteiger partial charge in [0, 0.05) is 12.8 Å². The number of aryl methyl sites for hydroxylation is 1. The summed E-state index contributed by atoms with van der Waals surface area (Å²) < 4.78 is 5.08. The van der Waals surface area contributed by atoms with Gasteiger partial charge in [-0.2, -0.15) is 11.7 Å². The van der Waals surface area contributed by atoms with Crippen molar-refractivity contribution in [1.29, 1.82) is 5.26 Å². The van der Waals surface area contributed by atoms with Crippen molar-refractivity contribution in [2.24, 2.45) is 0 Å². The first kappa shape index (κ1) is 23.7. The van der Waals surface area contributed by atoms with Crippen LogP contribution in [-0.2, 0) is 11.2 Å². The SMILES string of the molecule is CC(C)(C)OC(=O)Nc1cnc(CCC#N)cn1.[CH2-]CCC.[Li+]. The zero-order chi connectivity index (χ0) is 17.0. The number of carbonyl (C=O) groups excluding carboxylic acids is 1. The van der Waals surface area contributed by atoms with Crippen LogP contribution in [-0.4, -0.2) is 21.7 Å². The van der Waals surface area contributed by atoms with E-state index in [4.69, 9.17) is 10.00 Å². The second kappa shape index (κ2) is 12.9. The van der Waals surface area contributed by atoms with E-state index in [1.807, 2.05) is 6.07 Å². The molecule has 0 aliphatic heterocycles. The molecule has 0 aromatic carbocycles. The Balaban J connectivity index is 0. The molecule has 1 aromatic heterocycles. The first-order valence-electron chi connectivity index (χ1n) is 7.29. The van der Waals surface area contributed by atoms with E-state index >= 15 is 0 Å². The second-order valence-electron chi connectivity index (χ2n) is 5.53. The molecule has 23 heavy (non-hydrogen) atoms. The molecule has 1 N–H and O–H groups in total. The van der Waals surface area contributed by atoms with Gasteiger partial charge in [-0.15, -0.1) is 0 Å². The third-order valence-corrected chi connectivity index (χ3v) is 2.18. The third kappa shape index (κ3) is 13.8. The van der Waals surface area contributed by atoms with Crippen LogP contribution in [0.1, 0.15) is 52.7 Å². The predicted molar refractivity (Wildman–Crippen MR) is 86.1 cm³/mol. The molecule has 0 aliphatic carbocycles. The number of anilines is 1. The van der Waals surface area contributed by atoms with Crippen molar-refractivity contribution in [2.75, 3.05) is 5.32 Å². The molecular weight excluding hydrogens is 287 g/mol. The molecule has 6 nitrogen and oxygen atoms in total. The summed E-state index contributed by atoms with van der Waals surface area (Å²) in [6.45, 7) is 11.1. The molecule has 0 spiro atoms. The molecule has 0 bridgehead atoms. The number of carbonyl (C=O) groups is 1. The Morgan fingerprint density at radius 2 is 2.00 bits per heavy atom. The number of amides is 1. The Labute approximate surface area is 151 Å². The fourth-order valence-corrected chi connectivity index (χ4v) is 1.14. The van der Waals surface area contributed by atoms with Crippen LogP contribution in [0.3, 0.4) is 0 Å². The topological polar surface area (TPSA) is 87.9 Å². The number of aromatic nitrogens is 2. The summed E-state index contributed by atoms with van der Waals surface area (Å²) in [5.74, 6) is 0.324. The number of nitrogens with zero attached hydrogens (tertiary/aromatic N) is 3. The average Bonchev–Trinajstić information content (AvgIpc) is 2.45. The molecule has 0 aliphatic rings. The molecular formula is C16H25LiN4O2. The van der Waals surface area contributed by atoms with Crippen molar-refractivity contribution >= 4 is 11.9 Å². The quantitative estimate of drug-likeness (QED) is 0.659. The maximum absolute atomic E-state index is 11.4. The predicted octanol–water partition coefficient (Wildman–Crippen LogP) is 0.904. The molecule has 0 saturated heterocycles. The van der Waals surface area contributed by atoms with E-state index in [2.05, 4.69) is 29.1 Å². The van der Waals surface area contributed by atoms with Gasteiger partial charge in [-0.25, -0.2) is 9.78 Å². The molecule has 122 valence electrons. The minimum atomic E-state index is -0.568. The summed E-state index contributed by atoms with van der Waals surface area (Å²) >= 11 is 0. The van der Waals surface area contributed by atoms with E-state index in [0.29, 0.717) is 24.4 Å². The normalized spacial score (nSPS) is 9.57. The second-order valence-corrected chi connectivity index (χ2v) is 5.53. The van der Waals surface area contributed by atoms with Crippen LogP contribution in [0.4, 0.5) is 10.6 Å². The summed E-state index contributed by atoms with van der Waals surface area (Å²) in [6.07, 6.45) is 5.63. The molecule has 0 saturated carbocycles. The van der Waals surface area contributed by atoms with E-state index in [0.717, 1.165) is 6.42 Å². The fraction of sp³-hybridized carbons (Fsp3) is 0.562. The Kier molecular flexibility index (Phi) is 13.3. The molecule has 1 amide bonds. The van der Waals surface area contributed by atoms with Crippen LogP contribution in [0.5, 0.6) is 0 Å². The first-order valence-corrected chi connectivity index (χ1v) is 7.29. The number of ether oxygens (including phenoxy) is 1. The van der Waals surface area contributed by atoms with Gasteiger partial charge in [-0.3, -0.25) is 10.3 Å². The smallest absolute Gasteiger partial charge is 0.444 e. The molecule has 0 unspecified atom stereocenters. The van der Waals surface area contributed by atoms with Crippen molar-refractivity contribution in [3.8, 4) is 6.07 Å². The number of nitriles is 1. The van der Waals surface area contributed by atoms with Gasteiger partial charge in [0.25, 0.3) is 0 Å². The summed E-state index contributed by atoms with van der Waals surface area (Å²) in [5.41, 5.74) is 0.163. The van der Waals surface area contributed by atoms with Crippen LogP contribution in [0.25, 0.3) is 0 Å². The average molecular weight is 312 g/mol. The van der Waals surface area contributed by atoms with Gasteiger partial charge in [-0.05, 0) is 20.8 Å². The molecule has 1 rings (SSSR count). The summed E-state index contributed by atoms with van der Waals surface area (Å²) in [4.78, 5) is 19.5. The molecule has 1 heterocycles. The van der Waals surface area contributed by atoms with Crippen molar-refractivity contribution in [1.82, 2.24) is 9.97 Å². The maximum atomic E-state index is 11.4. The number of unbranched alkanes of at least 4 members (excludes halogenated alkanes) is 1. The van der Waals surface area contributed by atoms with Crippen LogP contribution in [0, 0.1) is 18.3 Å². The monoisotopic (exact) mass is 312 g/mol. The molecule has 0 atom stereocenters. The van der Waals surface area contributed by atoms with E-state index in [9.17, 15) is 4.79 Å². The summed E-state index contributed by atoms with van der Waals surface area (Å²) in [7, 11) is 0. The molecule has 0 radical (unpaired) electrons. The van der Waals surface area contributed by atoms with E-state index < -0.39 is 11.7 Å². The Hall–Kier alpha value is -1.56. The van der Waals surface area contributed by atoms with E-state index in [1.165, 1.54) is 18.8 Å². The van der Waals surface area contributed by atoms with E-state index in [-0.39, 0.29) is 18.9 Å². The molecule has 1 aromatic rings. The van der Waals surface area contributed by atoms with Gasteiger partial charge >= 0.3 is 25.0 Å². The fourth-order valence-electron chi connectivity index (χ4n) is 1.14. The number of hydrogen-bond donors (Lipinski definition) is 1. The number of rotatable bonds is 4. The minimum Gasteiger partial charge on any atom is -0.444 e. The van der Waals surface area contributed by atoms with Gasteiger partial charge in [0.1, 0.15) is 5.60 Å². The summed E-state index contributed by atoms with van der Waals surface area (Å²) in [6, 6.07) is 2.03. The van der Waals surface area contributed by atoms with Crippen LogP contribution in [0.15, 0.2) is 12.4 Å². The van der Waals surface area contributed by atoms with Crippen LogP contribution in [0.2, 0.25) is 0 Å². The minimum absolute atomic E-state index is 0. The van der Waals surface area contributed by atoms with Crippen LogP contribution < -0.4 is 24.2 Å². The first-order chi connectivity index (χ1) is 10.3. The Morgan fingerprint density at radius 3 is 2.39 bits per heavy atom. The van der Waals surface area contributed by atoms with Gasteiger partial charge < -0.3 is 11.7 Å². The maximum Gasteiger partial charge on any atom is 1.00 e. The Bertz CT molecular complexity index is 476. The van der Waals surface area contributed by atoms with Crippen molar-refractivity contribution in [3.05, 3.63) is 25.0 Å². The number of hydrogen-bond acceptors (Lipinski definition) is 5. The standard InChI is InChI=1S/C12H16N4O2.C4H9.Li/c1-12(2,3)18-11(17)16-10-8-14-9(7-15-10)5-4-6-13;1-3-4-2;/h7-8H,4-5H2,1-3H3,(H,15,16,17);1,3-4H2,2H3;/q;-1;+1. The largest absolute Gasteiger partial charge is 1.00 e. The zero-order valence-electron chi connectivity index (χ0n) is 14.8. The molecule has 0 fully saturated rings. The molecule has 7 heteroatoms. The van der Waals surface area contributed by atoms with Gasteiger partial charge in [0.15, 0.2) is 5.82 Å². The van der Waals surface area contributed by atoms with Gasteiger partial charge in [-0.1, -0.05) is 13.3 Å².